The Morgan fingerprint density at radius 1 is 1.29 bits per heavy atom. The molecule has 0 spiro atoms. The average molecular weight is 198 g/mol. The second-order valence-corrected chi connectivity index (χ2v) is 4.25. The van der Waals surface area contributed by atoms with E-state index in [4.69, 9.17) is 0 Å². The fraction of sp³-hybridized carbons (Fsp3) is 0.900. The van der Waals surface area contributed by atoms with Gasteiger partial charge in [-0.15, -0.1) is 0 Å². The van der Waals surface area contributed by atoms with Gasteiger partial charge in [0.15, 0.2) is 0 Å². The van der Waals surface area contributed by atoms with Gasteiger partial charge in [0.05, 0.1) is 12.0 Å². The fourth-order valence-electron chi connectivity index (χ4n) is 2.21. The molecule has 2 aliphatic heterocycles. The van der Waals surface area contributed by atoms with Crippen LogP contribution in [0.5, 0.6) is 0 Å². The molecule has 2 rings (SSSR count). The number of aliphatic hydroxyl groups excluding tert-OH is 1. The number of hydrogen-bond acceptors (Lipinski definition) is 3. The van der Waals surface area contributed by atoms with Gasteiger partial charge in [0, 0.05) is 19.6 Å². The number of nitrogens with one attached hydrogen (secondary N) is 1. The summed E-state index contributed by atoms with van der Waals surface area (Å²) in [4.78, 5) is 13.8. The van der Waals surface area contributed by atoms with Crippen LogP contribution >= 0.6 is 0 Å². The minimum Gasteiger partial charge on any atom is -0.393 e. The van der Waals surface area contributed by atoms with Crippen LogP contribution in [0.4, 0.5) is 0 Å². The van der Waals surface area contributed by atoms with Crippen LogP contribution < -0.4 is 5.32 Å². The summed E-state index contributed by atoms with van der Waals surface area (Å²) in [7, 11) is 0. The van der Waals surface area contributed by atoms with Crippen molar-refractivity contribution in [3.05, 3.63) is 0 Å². The summed E-state index contributed by atoms with van der Waals surface area (Å²) in [5.74, 6) is 0.465. The molecule has 2 saturated heterocycles. The van der Waals surface area contributed by atoms with Crippen molar-refractivity contribution in [1.29, 1.82) is 0 Å². The molecule has 4 heteroatoms. The maximum Gasteiger partial charge on any atom is 0.227 e. The van der Waals surface area contributed by atoms with Gasteiger partial charge in [0.2, 0.25) is 5.91 Å². The smallest absolute Gasteiger partial charge is 0.227 e. The highest BCUT2D eigenvalue weighted by molar-refractivity contribution is 5.79. The van der Waals surface area contributed by atoms with Gasteiger partial charge in [-0.1, -0.05) is 0 Å². The number of nitrogens with zero attached hydrogens (tertiary/aromatic N) is 1. The number of piperidine rings is 1. The van der Waals surface area contributed by atoms with Crippen LogP contribution in [0.2, 0.25) is 0 Å². The van der Waals surface area contributed by atoms with Gasteiger partial charge < -0.3 is 15.3 Å². The summed E-state index contributed by atoms with van der Waals surface area (Å²) in [5.41, 5.74) is 0. The van der Waals surface area contributed by atoms with Gasteiger partial charge in [-0.25, -0.2) is 0 Å². The lowest BCUT2D eigenvalue weighted by Gasteiger charge is -2.31. The van der Waals surface area contributed by atoms with Crippen molar-refractivity contribution in [3.8, 4) is 0 Å². The highest BCUT2D eigenvalue weighted by atomic mass is 16.3. The van der Waals surface area contributed by atoms with Crippen molar-refractivity contribution in [3.63, 3.8) is 0 Å². The topological polar surface area (TPSA) is 52.6 Å². The van der Waals surface area contributed by atoms with Crippen LogP contribution in [-0.2, 0) is 4.79 Å². The monoisotopic (exact) mass is 198 g/mol. The Hall–Kier alpha value is -0.610. The molecule has 0 bridgehead atoms. The van der Waals surface area contributed by atoms with E-state index in [1.54, 1.807) is 0 Å². The molecule has 0 aromatic carbocycles. The Morgan fingerprint density at radius 3 is 2.57 bits per heavy atom. The zero-order valence-electron chi connectivity index (χ0n) is 8.41. The van der Waals surface area contributed by atoms with Gasteiger partial charge in [0.25, 0.3) is 0 Å². The summed E-state index contributed by atoms with van der Waals surface area (Å²) < 4.78 is 0. The van der Waals surface area contributed by atoms with E-state index in [0.717, 1.165) is 45.4 Å². The van der Waals surface area contributed by atoms with Crippen molar-refractivity contribution < 1.29 is 9.90 Å². The van der Waals surface area contributed by atoms with Gasteiger partial charge in [-0.2, -0.15) is 0 Å². The molecule has 0 unspecified atom stereocenters. The standard InChI is InChI=1S/C10H18N2O2/c13-9-2-5-12(6-3-9)10(14)8-1-4-11-7-8/h8-9,11,13H,1-7H2/t8-/m1/s1. The van der Waals surface area contributed by atoms with Gasteiger partial charge in [-0.05, 0) is 25.8 Å². The minimum atomic E-state index is -0.194. The molecule has 0 aromatic rings. The minimum absolute atomic E-state index is 0.185. The lowest BCUT2D eigenvalue weighted by Crippen LogP contribution is -2.43. The molecule has 1 atom stereocenters. The molecule has 0 saturated carbocycles. The van der Waals surface area contributed by atoms with E-state index in [2.05, 4.69) is 5.32 Å². The SMILES string of the molecule is O=C([C@@H]1CCNC1)N1CCC(O)CC1. The third kappa shape index (κ3) is 2.07. The third-order valence-electron chi connectivity index (χ3n) is 3.19. The van der Waals surface area contributed by atoms with E-state index in [1.165, 1.54) is 0 Å². The fourth-order valence-corrected chi connectivity index (χ4v) is 2.21. The first-order valence-corrected chi connectivity index (χ1v) is 5.45. The second-order valence-electron chi connectivity index (χ2n) is 4.25. The molecule has 2 N–H and O–H groups in total. The quantitative estimate of drug-likeness (QED) is 0.601. The molecular weight excluding hydrogens is 180 g/mol. The number of hydrogen-bond donors (Lipinski definition) is 2. The number of amides is 1. The van der Waals surface area contributed by atoms with Gasteiger partial charge in [0.1, 0.15) is 0 Å². The Balaban J connectivity index is 1.85. The number of carbonyl (C=O) groups excluding carboxylic acids is 1. The van der Waals surface area contributed by atoms with E-state index in [-0.39, 0.29) is 17.9 Å². The Kier molecular flexibility index (Phi) is 3.03. The molecular formula is C10H18N2O2. The summed E-state index contributed by atoms with van der Waals surface area (Å²) in [6, 6.07) is 0. The average Bonchev–Trinajstić information content (AvgIpc) is 2.71. The van der Waals surface area contributed by atoms with Crippen LogP contribution in [-0.4, -0.2) is 48.2 Å². The molecule has 0 radical (unpaired) electrons. The predicted octanol–water partition coefficient (Wildman–Crippen LogP) is -0.421. The van der Waals surface area contributed by atoms with Crippen LogP contribution in [0.3, 0.4) is 0 Å². The Morgan fingerprint density at radius 2 is 2.00 bits per heavy atom. The van der Waals surface area contributed by atoms with E-state index < -0.39 is 0 Å². The molecule has 4 nitrogen and oxygen atoms in total. The molecule has 14 heavy (non-hydrogen) atoms. The van der Waals surface area contributed by atoms with Crippen LogP contribution in [0.25, 0.3) is 0 Å². The largest absolute Gasteiger partial charge is 0.393 e. The highest BCUT2D eigenvalue weighted by Crippen LogP contribution is 2.16. The normalized spacial score (nSPS) is 29.5. The number of rotatable bonds is 1. The van der Waals surface area contributed by atoms with Crippen LogP contribution in [0.15, 0.2) is 0 Å². The maximum absolute atomic E-state index is 11.9. The summed E-state index contributed by atoms with van der Waals surface area (Å²) >= 11 is 0. The third-order valence-corrected chi connectivity index (χ3v) is 3.19. The maximum atomic E-state index is 11.9. The zero-order chi connectivity index (χ0) is 9.97. The highest BCUT2D eigenvalue weighted by Gasteiger charge is 2.29. The lowest BCUT2D eigenvalue weighted by atomic mass is 10.0. The molecule has 2 fully saturated rings. The van der Waals surface area contributed by atoms with Gasteiger partial charge in [-0.3, -0.25) is 4.79 Å². The van der Waals surface area contributed by atoms with Crippen molar-refractivity contribution >= 4 is 5.91 Å². The number of carbonyl (C=O) groups is 1. The summed E-state index contributed by atoms with van der Waals surface area (Å²) in [6.45, 7) is 3.26. The van der Waals surface area contributed by atoms with E-state index in [1.807, 2.05) is 4.90 Å². The predicted molar refractivity (Wildman–Crippen MR) is 52.8 cm³/mol. The Bertz CT molecular complexity index is 206. The van der Waals surface area contributed by atoms with Crippen molar-refractivity contribution in [2.24, 2.45) is 5.92 Å². The van der Waals surface area contributed by atoms with Crippen molar-refractivity contribution in [2.75, 3.05) is 26.2 Å². The Labute approximate surface area is 84.3 Å². The number of aliphatic hydroxyl groups is 1. The molecule has 2 heterocycles. The first-order valence-electron chi connectivity index (χ1n) is 5.45. The van der Waals surface area contributed by atoms with Crippen molar-refractivity contribution in [2.45, 2.75) is 25.4 Å². The van der Waals surface area contributed by atoms with E-state index in [0.29, 0.717) is 0 Å². The first-order chi connectivity index (χ1) is 6.77. The zero-order valence-corrected chi connectivity index (χ0v) is 8.41. The van der Waals surface area contributed by atoms with Crippen molar-refractivity contribution in [1.82, 2.24) is 10.2 Å². The summed E-state index contributed by atoms with van der Waals surface area (Å²) in [5, 5.41) is 12.5. The van der Waals surface area contributed by atoms with E-state index >= 15 is 0 Å². The first kappa shape index (κ1) is 9.93. The van der Waals surface area contributed by atoms with Crippen LogP contribution in [0.1, 0.15) is 19.3 Å². The lowest BCUT2D eigenvalue weighted by molar-refractivity contribution is -0.136. The van der Waals surface area contributed by atoms with E-state index in [9.17, 15) is 9.90 Å². The van der Waals surface area contributed by atoms with Crippen LogP contribution in [0, 0.1) is 5.92 Å². The molecule has 80 valence electrons. The molecule has 0 aliphatic carbocycles. The molecule has 0 aromatic heterocycles. The summed E-state index contributed by atoms with van der Waals surface area (Å²) in [6.07, 6.45) is 2.26. The molecule has 1 amide bonds. The number of likely N-dealkylation sites (tertiary alicyclic amines) is 1. The van der Waals surface area contributed by atoms with Gasteiger partial charge >= 0.3 is 0 Å². The second kappa shape index (κ2) is 4.28. The molecule has 2 aliphatic rings.